The largest absolute Gasteiger partial charge is 0.481 e. The summed E-state index contributed by atoms with van der Waals surface area (Å²) in [5, 5.41) is 9.77. The van der Waals surface area contributed by atoms with E-state index in [1.54, 1.807) is 4.90 Å². The molecule has 0 aliphatic carbocycles. The molecule has 3 saturated heterocycles. The summed E-state index contributed by atoms with van der Waals surface area (Å²) < 4.78 is 5.49. The zero-order valence-corrected chi connectivity index (χ0v) is 16.4. The van der Waals surface area contributed by atoms with Crippen molar-refractivity contribution in [1.29, 1.82) is 0 Å². The number of likely N-dealkylation sites (tertiary alicyclic amines) is 2. The van der Waals surface area contributed by atoms with Gasteiger partial charge in [-0.05, 0) is 43.8 Å². The molecular weight excluding hydrogens is 356 g/mol. The van der Waals surface area contributed by atoms with Gasteiger partial charge in [0.25, 0.3) is 0 Å². The Balaban J connectivity index is 1.27. The van der Waals surface area contributed by atoms with E-state index in [1.165, 1.54) is 5.56 Å². The summed E-state index contributed by atoms with van der Waals surface area (Å²) >= 11 is 0. The molecule has 0 aromatic heterocycles. The Kier molecular flexibility index (Phi) is 5.69. The fourth-order valence-electron chi connectivity index (χ4n) is 5.06. The van der Waals surface area contributed by atoms with E-state index in [0.717, 1.165) is 32.5 Å². The molecule has 28 heavy (non-hydrogen) atoms. The average molecular weight is 386 g/mol. The number of hydrogen-bond acceptors (Lipinski definition) is 4. The summed E-state index contributed by atoms with van der Waals surface area (Å²) in [6.07, 6.45) is 3.11. The van der Waals surface area contributed by atoms with Crippen molar-refractivity contribution in [3.63, 3.8) is 0 Å². The number of carboxylic acid groups (broad SMARTS) is 1. The molecule has 1 N–H and O–H groups in total. The number of carbonyl (C=O) groups is 2. The van der Waals surface area contributed by atoms with Crippen LogP contribution in [-0.2, 0) is 20.9 Å². The predicted molar refractivity (Wildman–Crippen MR) is 105 cm³/mol. The van der Waals surface area contributed by atoms with E-state index in [4.69, 9.17) is 4.74 Å². The van der Waals surface area contributed by atoms with Crippen molar-refractivity contribution in [1.82, 2.24) is 9.80 Å². The SMILES string of the molecule is O=C(CC1CCN(Cc2ccccc2)CC1)N1C[C@@H]2COCC[C@]2(C(=O)O)C1. The highest BCUT2D eigenvalue weighted by Gasteiger charge is 2.54. The van der Waals surface area contributed by atoms with Gasteiger partial charge in [-0.2, -0.15) is 0 Å². The van der Waals surface area contributed by atoms with Crippen molar-refractivity contribution >= 4 is 11.9 Å². The maximum absolute atomic E-state index is 12.9. The van der Waals surface area contributed by atoms with E-state index >= 15 is 0 Å². The molecule has 6 heteroatoms. The molecule has 0 radical (unpaired) electrons. The molecule has 1 aromatic carbocycles. The Hall–Kier alpha value is -1.92. The van der Waals surface area contributed by atoms with Gasteiger partial charge in [0.15, 0.2) is 0 Å². The van der Waals surface area contributed by atoms with Gasteiger partial charge in [-0.25, -0.2) is 0 Å². The first-order chi connectivity index (χ1) is 13.6. The van der Waals surface area contributed by atoms with Crippen molar-refractivity contribution in [2.75, 3.05) is 39.4 Å². The number of carboxylic acids is 1. The van der Waals surface area contributed by atoms with E-state index in [1.807, 2.05) is 6.07 Å². The molecule has 3 aliphatic rings. The van der Waals surface area contributed by atoms with Crippen LogP contribution in [0.2, 0.25) is 0 Å². The Morgan fingerprint density at radius 1 is 1.18 bits per heavy atom. The lowest BCUT2D eigenvalue weighted by molar-refractivity contribution is -0.157. The van der Waals surface area contributed by atoms with Crippen molar-refractivity contribution in [3.05, 3.63) is 35.9 Å². The number of nitrogens with zero attached hydrogens (tertiary/aromatic N) is 2. The number of ether oxygens (including phenoxy) is 1. The Morgan fingerprint density at radius 2 is 1.93 bits per heavy atom. The van der Waals surface area contributed by atoms with Gasteiger partial charge < -0.3 is 14.7 Å². The van der Waals surface area contributed by atoms with Gasteiger partial charge in [-0.1, -0.05) is 30.3 Å². The number of fused-ring (bicyclic) bond motifs is 1. The number of aliphatic carboxylic acids is 1. The first-order valence-electron chi connectivity index (χ1n) is 10.4. The van der Waals surface area contributed by atoms with Gasteiger partial charge in [0.2, 0.25) is 5.91 Å². The second-order valence-electron chi connectivity index (χ2n) is 8.67. The van der Waals surface area contributed by atoms with Crippen LogP contribution >= 0.6 is 0 Å². The van der Waals surface area contributed by atoms with Crippen LogP contribution < -0.4 is 0 Å². The highest BCUT2D eigenvalue weighted by molar-refractivity contribution is 5.81. The summed E-state index contributed by atoms with van der Waals surface area (Å²) in [6.45, 7) is 4.81. The van der Waals surface area contributed by atoms with Gasteiger partial charge >= 0.3 is 5.97 Å². The van der Waals surface area contributed by atoms with Crippen LogP contribution in [0.15, 0.2) is 30.3 Å². The number of piperidine rings is 1. The van der Waals surface area contributed by atoms with Crippen LogP contribution in [0.4, 0.5) is 0 Å². The number of hydrogen-bond donors (Lipinski definition) is 1. The summed E-state index contributed by atoms with van der Waals surface area (Å²) in [5.41, 5.74) is 0.533. The maximum Gasteiger partial charge on any atom is 0.311 e. The van der Waals surface area contributed by atoms with Crippen LogP contribution in [0.1, 0.15) is 31.2 Å². The predicted octanol–water partition coefficient (Wildman–Crippen LogP) is 2.24. The Morgan fingerprint density at radius 3 is 2.61 bits per heavy atom. The van der Waals surface area contributed by atoms with Gasteiger partial charge in [0.1, 0.15) is 0 Å². The standard InChI is InChI=1S/C22H30N2O4/c25-20(24-14-19-15-28-11-8-22(19,16-24)21(26)27)12-17-6-9-23(10-7-17)13-18-4-2-1-3-5-18/h1-5,17,19H,6-16H2,(H,26,27)/t19-,22+/m1/s1. The molecule has 4 rings (SSSR count). The molecule has 3 aliphatic heterocycles. The minimum absolute atomic E-state index is 0.0737. The normalized spacial score (nSPS) is 28.9. The molecule has 152 valence electrons. The molecule has 6 nitrogen and oxygen atoms in total. The van der Waals surface area contributed by atoms with Crippen LogP contribution in [0.3, 0.4) is 0 Å². The quantitative estimate of drug-likeness (QED) is 0.840. The van der Waals surface area contributed by atoms with Crippen LogP contribution in [0, 0.1) is 17.3 Å². The lowest BCUT2D eigenvalue weighted by atomic mass is 9.74. The van der Waals surface area contributed by atoms with Crippen LogP contribution in [0.25, 0.3) is 0 Å². The first-order valence-corrected chi connectivity index (χ1v) is 10.4. The smallest absolute Gasteiger partial charge is 0.311 e. The molecule has 1 amide bonds. The molecule has 3 heterocycles. The second kappa shape index (κ2) is 8.21. The Bertz CT molecular complexity index is 702. The number of benzene rings is 1. The second-order valence-corrected chi connectivity index (χ2v) is 8.67. The molecular formula is C22H30N2O4. The highest BCUT2D eigenvalue weighted by atomic mass is 16.5. The van der Waals surface area contributed by atoms with Gasteiger partial charge in [-0.15, -0.1) is 0 Å². The third-order valence-electron chi connectivity index (χ3n) is 6.90. The molecule has 1 aromatic rings. The van der Waals surface area contributed by atoms with E-state index in [0.29, 0.717) is 45.1 Å². The molecule has 3 fully saturated rings. The average Bonchev–Trinajstić information content (AvgIpc) is 3.12. The summed E-state index contributed by atoms with van der Waals surface area (Å²) in [6, 6.07) is 10.5. The number of carbonyl (C=O) groups excluding carboxylic acids is 1. The van der Waals surface area contributed by atoms with Gasteiger partial charge in [0.05, 0.1) is 12.0 Å². The lowest BCUT2D eigenvalue weighted by Crippen LogP contribution is -2.45. The number of rotatable bonds is 5. The molecule has 0 saturated carbocycles. The molecule has 0 bridgehead atoms. The third-order valence-corrected chi connectivity index (χ3v) is 6.90. The minimum Gasteiger partial charge on any atom is -0.481 e. The summed E-state index contributed by atoms with van der Waals surface area (Å²) in [5.74, 6) is -0.323. The van der Waals surface area contributed by atoms with Crippen LogP contribution in [0.5, 0.6) is 0 Å². The summed E-state index contributed by atoms with van der Waals surface area (Å²) in [4.78, 5) is 29.0. The number of amides is 1. The topological polar surface area (TPSA) is 70.1 Å². The molecule has 0 spiro atoms. The van der Waals surface area contributed by atoms with E-state index in [9.17, 15) is 14.7 Å². The van der Waals surface area contributed by atoms with Crippen molar-refractivity contribution < 1.29 is 19.4 Å². The summed E-state index contributed by atoms with van der Waals surface area (Å²) in [7, 11) is 0. The van der Waals surface area contributed by atoms with E-state index < -0.39 is 11.4 Å². The first kappa shape index (κ1) is 19.4. The fraction of sp³-hybridized carbons (Fsp3) is 0.636. The van der Waals surface area contributed by atoms with Gasteiger partial charge in [-0.3, -0.25) is 14.5 Å². The zero-order valence-electron chi connectivity index (χ0n) is 16.4. The molecule has 0 unspecified atom stereocenters. The van der Waals surface area contributed by atoms with E-state index in [2.05, 4.69) is 29.2 Å². The third kappa shape index (κ3) is 3.94. The highest BCUT2D eigenvalue weighted by Crippen LogP contribution is 2.43. The van der Waals surface area contributed by atoms with Crippen molar-refractivity contribution in [2.24, 2.45) is 17.3 Å². The Labute approximate surface area is 166 Å². The monoisotopic (exact) mass is 386 g/mol. The lowest BCUT2D eigenvalue weighted by Gasteiger charge is -2.34. The zero-order chi connectivity index (χ0) is 19.6. The van der Waals surface area contributed by atoms with Crippen LogP contribution in [-0.4, -0.2) is 66.2 Å². The van der Waals surface area contributed by atoms with Crippen molar-refractivity contribution in [3.8, 4) is 0 Å². The maximum atomic E-state index is 12.9. The fourth-order valence-corrected chi connectivity index (χ4v) is 5.06. The van der Waals surface area contributed by atoms with Gasteiger partial charge in [0, 0.05) is 38.6 Å². The molecule has 2 atom stereocenters. The minimum atomic E-state index is -0.799. The van der Waals surface area contributed by atoms with E-state index in [-0.39, 0.29) is 11.8 Å². The van der Waals surface area contributed by atoms with Crippen molar-refractivity contribution in [2.45, 2.75) is 32.2 Å².